The Hall–Kier alpha value is -2.84. The number of para-hydroxylation sites is 2. The molecule has 0 saturated heterocycles. The summed E-state index contributed by atoms with van der Waals surface area (Å²) in [6.45, 7) is 3.52. The second-order valence-electron chi connectivity index (χ2n) is 7.29. The van der Waals surface area contributed by atoms with Gasteiger partial charge in [0.1, 0.15) is 0 Å². The van der Waals surface area contributed by atoms with Crippen LogP contribution in [0.5, 0.6) is 0 Å². The Morgan fingerprint density at radius 2 is 1.53 bits per heavy atom. The van der Waals surface area contributed by atoms with Crippen molar-refractivity contribution in [2.24, 2.45) is 0 Å². The number of hydrogen-bond donors (Lipinski definition) is 0. The first-order valence-corrected chi connectivity index (χ1v) is 12.2. The van der Waals surface area contributed by atoms with Crippen LogP contribution >= 0.6 is 23.5 Å². The maximum absolute atomic E-state index is 13.1. The van der Waals surface area contributed by atoms with Crippen molar-refractivity contribution in [3.05, 3.63) is 65.5 Å². The van der Waals surface area contributed by atoms with Gasteiger partial charge in [0.25, 0.3) is 5.91 Å². The van der Waals surface area contributed by atoms with E-state index in [0.717, 1.165) is 43.3 Å². The number of carbonyl (C=O) groups excluding carboxylic acids is 2. The van der Waals surface area contributed by atoms with Gasteiger partial charge in [0.2, 0.25) is 0 Å². The molecule has 0 aliphatic carbocycles. The number of amides is 1. The van der Waals surface area contributed by atoms with E-state index in [9.17, 15) is 9.59 Å². The fraction of sp³-hybridized carbons (Fsp3) is 0.250. The summed E-state index contributed by atoms with van der Waals surface area (Å²) in [6.07, 6.45) is 2.57. The number of esters is 1. The largest absolute Gasteiger partial charge is 0.456 e. The predicted molar refractivity (Wildman–Crippen MR) is 127 cm³/mol. The van der Waals surface area contributed by atoms with Crippen molar-refractivity contribution < 1.29 is 14.3 Å². The van der Waals surface area contributed by atoms with E-state index >= 15 is 0 Å². The lowest BCUT2D eigenvalue weighted by molar-refractivity contribution is -0.147. The van der Waals surface area contributed by atoms with Crippen LogP contribution in [-0.2, 0) is 20.7 Å². The Morgan fingerprint density at radius 1 is 0.969 bits per heavy atom. The number of benzene rings is 2. The van der Waals surface area contributed by atoms with Crippen LogP contribution in [0.25, 0.3) is 0 Å². The second-order valence-corrected chi connectivity index (χ2v) is 9.14. The van der Waals surface area contributed by atoms with Crippen molar-refractivity contribution in [1.82, 2.24) is 9.97 Å². The summed E-state index contributed by atoms with van der Waals surface area (Å²) in [4.78, 5) is 38.0. The molecule has 1 amide bonds. The maximum atomic E-state index is 13.1. The minimum absolute atomic E-state index is 0.167. The van der Waals surface area contributed by atoms with Crippen molar-refractivity contribution in [3.8, 4) is 0 Å². The highest BCUT2D eigenvalue weighted by Crippen LogP contribution is 2.47. The molecule has 3 aromatic rings. The van der Waals surface area contributed by atoms with Gasteiger partial charge in [-0.15, -0.1) is 0 Å². The molecule has 0 saturated carbocycles. The van der Waals surface area contributed by atoms with Crippen LogP contribution in [0.4, 0.5) is 11.4 Å². The lowest BCUT2D eigenvalue weighted by Crippen LogP contribution is -2.32. The first-order valence-electron chi connectivity index (χ1n) is 10.2. The highest BCUT2D eigenvalue weighted by atomic mass is 32.2. The van der Waals surface area contributed by atoms with Crippen LogP contribution in [0.3, 0.4) is 0 Å². The molecule has 0 radical (unpaired) electrons. The molecule has 32 heavy (non-hydrogen) atoms. The van der Waals surface area contributed by atoms with Gasteiger partial charge < -0.3 is 4.74 Å². The number of thioether (sulfide) groups is 1. The van der Waals surface area contributed by atoms with Gasteiger partial charge in [-0.25, -0.2) is 9.97 Å². The molecule has 0 bridgehead atoms. The number of carbonyl (C=O) groups is 2. The number of aryl methyl sites for hydroxylation is 2. The third kappa shape index (κ3) is 4.66. The first-order chi connectivity index (χ1) is 15.5. The Balaban J connectivity index is 1.42. The smallest absolute Gasteiger partial charge is 0.306 e. The Morgan fingerprint density at radius 3 is 2.09 bits per heavy atom. The zero-order chi connectivity index (χ0) is 22.7. The lowest BCUT2D eigenvalue weighted by Gasteiger charge is -2.30. The van der Waals surface area contributed by atoms with Crippen molar-refractivity contribution >= 4 is 46.8 Å². The highest BCUT2D eigenvalue weighted by Gasteiger charge is 2.28. The molecule has 0 spiro atoms. The standard InChI is InChI=1S/C24H23N3O3S2/c1-15-17(16(2)26-24(25-15)31-3)12-13-23(29)30-14-22(28)27-18-8-4-6-10-20(18)32-21-11-7-5-9-19(21)27/h4-11H,12-14H2,1-3H3. The van der Waals surface area contributed by atoms with Crippen LogP contribution in [-0.4, -0.2) is 34.7 Å². The molecule has 0 atom stereocenters. The van der Waals surface area contributed by atoms with Crippen molar-refractivity contribution in [3.63, 3.8) is 0 Å². The van der Waals surface area contributed by atoms with Crippen LogP contribution in [0.1, 0.15) is 23.4 Å². The van der Waals surface area contributed by atoms with Crippen LogP contribution < -0.4 is 4.90 Å². The summed E-state index contributed by atoms with van der Waals surface area (Å²) in [7, 11) is 0. The van der Waals surface area contributed by atoms with E-state index in [1.165, 1.54) is 11.8 Å². The van der Waals surface area contributed by atoms with Gasteiger partial charge in [-0.2, -0.15) is 0 Å². The van der Waals surface area contributed by atoms with Crippen LogP contribution in [0, 0.1) is 13.8 Å². The topological polar surface area (TPSA) is 72.4 Å². The number of rotatable bonds is 6. The maximum Gasteiger partial charge on any atom is 0.306 e. The molecule has 4 rings (SSSR count). The molecule has 2 heterocycles. The van der Waals surface area contributed by atoms with Gasteiger partial charge in [0.05, 0.1) is 11.4 Å². The number of aromatic nitrogens is 2. The molecule has 6 nitrogen and oxygen atoms in total. The molecule has 0 unspecified atom stereocenters. The molecule has 1 aromatic heterocycles. The normalized spacial score (nSPS) is 12.2. The molecule has 0 N–H and O–H groups in total. The summed E-state index contributed by atoms with van der Waals surface area (Å²) in [5.74, 6) is -0.697. The van der Waals surface area contributed by atoms with Crippen molar-refractivity contribution in [2.45, 2.75) is 41.6 Å². The second kappa shape index (κ2) is 9.75. The number of hydrogen-bond acceptors (Lipinski definition) is 7. The molecule has 1 aliphatic rings. The van der Waals surface area contributed by atoms with Gasteiger partial charge in [0.15, 0.2) is 11.8 Å². The van der Waals surface area contributed by atoms with Crippen molar-refractivity contribution in [1.29, 1.82) is 0 Å². The quantitative estimate of drug-likeness (QED) is 0.284. The van der Waals surface area contributed by atoms with E-state index in [4.69, 9.17) is 4.74 Å². The van der Waals surface area contributed by atoms with E-state index in [1.54, 1.807) is 16.7 Å². The van der Waals surface area contributed by atoms with Gasteiger partial charge in [-0.3, -0.25) is 14.5 Å². The summed E-state index contributed by atoms with van der Waals surface area (Å²) >= 11 is 3.11. The van der Waals surface area contributed by atoms with Crippen LogP contribution in [0.2, 0.25) is 0 Å². The Kier molecular flexibility index (Phi) is 6.81. The number of ether oxygens (including phenoxy) is 1. The zero-order valence-electron chi connectivity index (χ0n) is 18.1. The van der Waals surface area contributed by atoms with Crippen molar-refractivity contribution in [2.75, 3.05) is 17.8 Å². The fourth-order valence-corrected chi connectivity index (χ4v) is 5.16. The average molecular weight is 466 g/mol. The SMILES string of the molecule is CSc1nc(C)c(CCC(=O)OCC(=O)N2c3ccccc3Sc3ccccc32)c(C)n1. The zero-order valence-corrected chi connectivity index (χ0v) is 19.8. The van der Waals surface area contributed by atoms with E-state index in [2.05, 4.69) is 9.97 Å². The number of nitrogens with zero attached hydrogens (tertiary/aromatic N) is 3. The van der Waals surface area contributed by atoms with Gasteiger partial charge in [-0.05, 0) is 56.4 Å². The molecule has 8 heteroatoms. The van der Waals surface area contributed by atoms with Gasteiger partial charge >= 0.3 is 5.97 Å². The van der Waals surface area contributed by atoms with Gasteiger partial charge in [0, 0.05) is 27.6 Å². The molecule has 0 fully saturated rings. The van der Waals surface area contributed by atoms with E-state index < -0.39 is 5.97 Å². The first kappa shape index (κ1) is 22.4. The monoisotopic (exact) mass is 465 g/mol. The summed E-state index contributed by atoms with van der Waals surface area (Å²) in [5.41, 5.74) is 4.28. The Labute approximate surface area is 195 Å². The number of fused-ring (bicyclic) bond motifs is 2. The summed E-state index contributed by atoms with van der Waals surface area (Å²) in [6, 6.07) is 15.5. The molecular weight excluding hydrogens is 442 g/mol. The molecular formula is C24H23N3O3S2. The third-order valence-electron chi connectivity index (χ3n) is 5.20. The highest BCUT2D eigenvalue weighted by molar-refractivity contribution is 7.99. The molecule has 164 valence electrons. The summed E-state index contributed by atoms with van der Waals surface area (Å²) in [5, 5.41) is 0.720. The van der Waals surface area contributed by atoms with Gasteiger partial charge in [-0.1, -0.05) is 47.8 Å². The van der Waals surface area contributed by atoms with Crippen LogP contribution in [0.15, 0.2) is 63.5 Å². The van der Waals surface area contributed by atoms with E-state index in [-0.39, 0.29) is 18.9 Å². The van der Waals surface area contributed by atoms with E-state index in [1.807, 2.05) is 68.6 Å². The minimum atomic E-state index is -0.418. The third-order valence-corrected chi connectivity index (χ3v) is 6.88. The number of anilines is 2. The predicted octanol–water partition coefficient (Wildman–Crippen LogP) is 5.12. The average Bonchev–Trinajstić information content (AvgIpc) is 2.80. The molecule has 2 aromatic carbocycles. The minimum Gasteiger partial charge on any atom is -0.456 e. The fourth-order valence-electron chi connectivity index (χ4n) is 3.64. The summed E-state index contributed by atoms with van der Waals surface area (Å²) < 4.78 is 5.35. The van der Waals surface area contributed by atoms with E-state index in [0.29, 0.717) is 6.42 Å². The Bertz CT molecular complexity index is 1110. The molecule has 1 aliphatic heterocycles. The lowest BCUT2D eigenvalue weighted by atomic mass is 10.1.